The molecule has 0 amide bonds. The van der Waals surface area contributed by atoms with Gasteiger partial charge in [0.05, 0.1) is 6.42 Å². The Morgan fingerprint density at radius 2 is 2.45 bits per heavy atom. The number of terminal acetylenes is 1. The third kappa shape index (κ3) is 2.36. The highest BCUT2D eigenvalue weighted by Gasteiger charge is 2.20. The maximum Gasteiger partial charge on any atom is 0.173 e. The first-order valence-electron chi connectivity index (χ1n) is 3.92. The van der Waals surface area contributed by atoms with E-state index in [9.17, 15) is 4.79 Å². The van der Waals surface area contributed by atoms with Crippen LogP contribution in [0.4, 0.5) is 0 Å². The van der Waals surface area contributed by atoms with Crippen molar-refractivity contribution in [3.8, 4) is 12.3 Å². The van der Waals surface area contributed by atoms with E-state index in [1.165, 1.54) is 0 Å². The summed E-state index contributed by atoms with van der Waals surface area (Å²) in [7, 11) is 0. The highest BCUT2D eigenvalue weighted by Crippen LogP contribution is 2.14. The molecule has 1 rings (SSSR count). The molecule has 1 heterocycles. The number of carbonyl (C=O) groups is 1. The largest absolute Gasteiger partial charge is 0.370 e. The molecule has 0 bridgehead atoms. The number of Topliss-reactive ketones (excluding diaryl/α,β-unsaturated/α-hetero) is 1. The molecule has 0 N–H and O–H groups in total. The van der Waals surface area contributed by atoms with Gasteiger partial charge in [0.15, 0.2) is 5.78 Å². The first kappa shape index (κ1) is 8.29. The van der Waals surface area contributed by atoms with Crippen molar-refractivity contribution in [3.63, 3.8) is 0 Å². The molecule has 1 atom stereocenters. The van der Waals surface area contributed by atoms with Crippen LogP contribution in [0, 0.1) is 12.3 Å². The number of carbonyl (C=O) groups excluding carboxylic acids is 1. The highest BCUT2D eigenvalue weighted by molar-refractivity contribution is 5.85. The summed E-state index contributed by atoms with van der Waals surface area (Å²) < 4.78 is 5.25. The van der Waals surface area contributed by atoms with Gasteiger partial charge in [-0.1, -0.05) is 5.92 Å². The third-order valence-electron chi connectivity index (χ3n) is 1.82. The van der Waals surface area contributed by atoms with Crippen LogP contribution in [0.5, 0.6) is 0 Å². The molecule has 0 radical (unpaired) electrons. The predicted molar refractivity (Wildman–Crippen MR) is 42.0 cm³/mol. The lowest BCUT2D eigenvalue weighted by Crippen LogP contribution is -2.27. The van der Waals surface area contributed by atoms with Crippen LogP contribution in [0.15, 0.2) is 0 Å². The first-order valence-corrected chi connectivity index (χ1v) is 3.92. The zero-order valence-corrected chi connectivity index (χ0v) is 6.51. The van der Waals surface area contributed by atoms with E-state index in [1.807, 2.05) is 0 Å². The quantitative estimate of drug-likeness (QED) is 0.555. The standard InChI is InChI=1S/C9H12O2/c1-2-5-8(10)9-6-3-4-7-11-9/h1,9H,3-7H2. The van der Waals surface area contributed by atoms with Gasteiger partial charge in [0.25, 0.3) is 0 Å². The second-order valence-electron chi connectivity index (χ2n) is 2.70. The monoisotopic (exact) mass is 152 g/mol. The number of ether oxygens (including phenoxy) is 1. The van der Waals surface area contributed by atoms with E-state index in [0.29, 0.717) is 6.61 Å². The normalized spacial score (nSPS) is 24.1. The van der Waals surface area contributed by atoms with Crippen molar-refractivity contribution in [1.82, 2.24) is 0 Å². The fraction of sp³-hybridized carbons (Fsp3) is 0.667. The molecule has 1 saturated heterocycles. The molecule has 0 aliphatic carbocycles. The molecule has 1 aliphatic rings. The van der Waals surface area contributed by atoms with E-state index >= 15 is 0 Å². The van der Waals surface area contributed by atoms with Crippen molar-refractivity contribution in [1.29, 1.82) is 0 Å². The Balaban J connectivity index is 2.34. The van der Waals surface area contributed by atoms with E-state index in [2.05, 4.69) is 5.92 Å². The molecule has 11 heavy (non-hydrogen) atoms. The van der Waals surface area contributed by atoms with E-state index < -0.39 is 0 Å². The minimum Gasteiger partial charge on any atom is -0.370 e. The zero-order chi connectivity index (χ0) is 8.10. The molecule has 1 unspecified atom stereocenters. The molecular formula is C9H12O2. The summed E-state index contributed by atoms with van der Waals surface area (Å²) in [5.74, 6) is 2.40. The average Bonchev–Trinajstić information content (AvgIpc) is 2.07. The van der Waals surface area contributed by atoms with Gasteiger partial charge >= 0.3 is 0 Å². The molecule has 0 aromatic heterocycles. The van der Waals surface area contributed by atoms with Crippen molar-refractivity contribution < 1.29 is 9.53 Å². The summed E-state index contributed by atoms with van der Waals surface area (Å²) in [6.07, 6.45) is 8.02. The molecule has 1 fully saturated rings. The maximum atomic E-state index is 11.1. The van der Waals surface area contributed by atoms with E-state index in [0.717, 1.165) is 19.3 Å². The van der Waals surface area contributed by atoms with Crippen LogP contribution in [-0.4, -0.2) is 18.5 Å². The SMILES string of the molecule is C#CCC(=O)C1CCCCO1. The highest BCUT2D eigenvalue weighted by atomic mass is 16.5. The fourth-order valence-corrected chi connectivity index (χ4v) is 1.21. The van der Waals surface area contributed by atoms with Gasteiger partial charge in [-0.05, 0) is 19.3 Å². The van der Waals surface area contributed by atoms with Crippen molar-refractivity contribution in [2.45, 2.75) is 31.8 Å². The number of hydrogen-bond donors (Lipinski definition) is 0. The van der Waals surface area contributed by atoms with Gasteiger partial charge in [-0.25, -0.2) is 0 Å². The Kier molecular flexibility index (Phi) is 3.13. The topological polar surface area (TPSA) is 26.3 Å². The van der Waals surface area contributed by atoms with Gasteiger partial charge in [-0.15, -0.1) is 6.42 Å². The number of ketones is 1. The number of hydrogen-bond acceptors (Lipinski definition) is 2. The van der Waals surface area contributed by atoms with E-state index in [-0.39, 0.29) is 18.3 Å². The summed E-state index contributed by atoms with van der Waals surface area (Å²) >= 11 is 0. The summed E-state index contributed by atoms with van der Waals surface area (Å²) in [6.45, 7) is 0.709. The van der Waals surface area contributed by atoms with Gasteiger partial charge in [0, 0.05) is 6.61 Å². The van der Waals surface area contributed by atoms with Gasteiger partial charge in [0.2, 0.25) is 0 Å². The van der Waals surface area contributed by atoms with Crippen LogP contribution in [0.25, 0.3) is 0 Å². The van der Waals surface area contributed by atoms with Gasteiger partial charge < -0.3 is 4.74 Å². The Labute approximate surface area is 66.9 Å². The third-order valence-corrected chi connectivity index (χ3v) is 1.82. The lowest BCUT2D eigenvalue weighted by molar-refractivity contribution is -0.132. The second kappa shape index (κ2) is 4.15. The molecule has 2 heteroatoms. The van der Waals surface area contributed by atoms with Crippen molar-refractivity contribution in [2.75, 3.05) is 6.61 Å². The van der Waals surface area contributed by atoms with Crippen LogP contribution in [0.3, 0.4) is 0 Å². The summed E-state index contributed by atoms with van der Waals surface area (Å²) in [6, 6.07) is 0. The smallest absolute Gasteiger partial charge is 0.173 e. The van der Waals surface area contributed by atoms with Crippen molar-refractivity contribution in [3.05, 3.63) is 0 Å². The van der Waals surface area contributed by atoms with Crippen LogP contribution >= 0.6 is 0 Å². The Morgan fingerprint density at radius 1 is 1.64 bits per heavy atom. The predicted octanol–water partition coefficient (Wildman–Crippen LogP) is 1.15. The van der Waals surface area contributed by atoms with Gasteiger partial charge in [0.1, 0.15) is 6.10 Å². The lowest BCUT2D eigenvalue weighted by Gasteiger charge is -2.20. The first-order chi connectivity index (χ1) is 5.34. The van der Waals surface area contributed by atoms with E-state index in [4.69, 9.17) is 11.2 Å². The molecular weight excluding hydrogens is 140 g/mol. The Morgan fingerprint density at radius 3 is 3.00 bits per heavy atom. The van der Waals surface area contributed by atoms with Crippen LogP contribution < -0.4 is 0 Å². The van der Waals surface area contributed by atoms with Crippen LogP contribution in [-0.2, 0) is 9.53 Å². The number of rotatable bonds is 2. The summed E-state index contributed by atoms with van der Waals surface area (Å²) in [5, 5.41) is 0. The van der Waals surface area contributed by atoms with Gasteiger partial charge in [-0.2, -0.15) is 0 Å². The molecule has 0 aromatic carbocycles. The fourth-order valence-electron chi connectivity index (χ4n) is 1.21. The Bertz CT molecular complexity index is 172. The van der Waals surface area contributed by atoms with Crippen LogP contribution in [0.1, 0.15) is 25.7 Å². The van der Waals surface area contributed by atoms with Crippen molar-refractivity contribution in [2.24, 2.45) is 0 Å². The average molecular weight is 152 g/mol. The van der Waals surface area contributed by atoms with Crippen molar-refractivity contribution >= 4 is 5.78 Å². The van der Waals surface area contributed by atoms with E-state index in [1.54, 1.807) is 0 Å². The minimum atomic E-state index is -0.209. The maximum absolute atomic E-state index is 11.1. The van der Waals surface area contributed by atoms with Gasteiger partial charge in [-0.3, -0.25) is 4.79 Å². The Hall–Kier alpha value is -0.810. The molecule has 60 valence electrons. The second-order valence-corrected chi connectivity index (χ2v) is 2.70. The molecule has 2 nitrogen and oxygen atoms in total. The zero-order valence-electron chi connectivity index (χ0n) is 6.51. The lowest BCUT2D eigenvalue weighted by atomic mass is 10.0. The molecule has 0 aromatic rings. The molecule has 0 saturated carbocycles. The summed E-state index contributed by atoms with van der Waals surface area (Å²) in [4.78, 5) is 11.1. The summed E-state index contributed by atoms with van der Waals surface area (Å²) in [5.41, 5.74) is 0. The molecule has 1 aliphatic heterocycles. The van der Waals surface area contributed by atoms with Crippen LogP contribution in [0.2, 0.25) is 0 Å². The molecule has 0 spiro atoms. The minimum absolute atomic E-state index is 0.0622.